The molecule has 3 aromatic rings. The fourth-order valence-corrected chi connectivity index (χ4v) is 4.50. The molecular formula is C20H19Br2NO4. The van der Waals surface area contributed by atoms with E-state index in [0.717, 1.165) is 15.7 Å². The third kappa shape index (κ3) is 3.84. The van der Waals surface area contributed by atoms with Crippen LogP contribution in [0.15, 0.2) is 43.7 Å². The molecular weight excluding hydrogens is 478 g/mol. The number of carbonyl (C=O) groups excluding carboxylic acids is 1. The minimum absolute atomic E-state index is 0.279. The number of rotatable bonds is 6. The van der Waals surface area contributed by atoms with Crippen LogP contribution < -0.4 is 10.1 Å². The number of ether oxygens (including phenoxy) is 2. The van der Waals surface area contributed by atoms with Gasteiger partial charge in [-0.3, -0.25) is 0 Å². The van der Waals surface area contributed by atoms with Gasteiger partial charge in [0.2, 0.25) is 0 Å². The van der Waals surface area contributed by atoms with Crippen molar-refractivity contribution >= 4 is 54.5 Å². The largest absolute Gasteiger partial charge is 0.494 e. The lowest BCUT2D eigenvalue weighted by Gasteiger charge is -2.09. The molecule has 0 aliphatic carbocycles. The average Bonchev–Trinajstić information content (AvgIpc) is 3.00. The minimum Gasteiger partial charge on any atom is -0.494 e. The lowest BCUT2D eigenvalue weighted by Crippen LogP contribution is -2.09. The molecule has 0 amide bonds. The van der Waals surface area contributed by atoms with E-state index in [1.54, 1.807) is 20.1 Å². The van der Waals surface area contributed by atoms with Gasteiger partial charge in [-0.15, -0.1) is 0 Å². The quantitative estimate of drug-likeness (QED) is 0.420. The first-order valence-electron chi connectivity index (χ1n) is 8.41. The molecule has 0 fully saturated rings. The number of benzene rings is 2. The summed E-state index contributed by atoms with van der Waals surface area (Å²) in [5, 5.41) is 3.96. The van der Waals surface area contributed by atoms with Crippen molar-refractivity contribution in [2.75, 3.05) is 19.0 Å². The lowest BCUT2D eigenvalue weighted by molar-refractivity contribution is 0.0526. The maximum Gasteiger partial charge on any atom is 0.342 e. The van der Waals surface area contributed by atoms with E-state index in [4.69, 9.17) is 13.9 Å². The SMILES string of the molecule is CCOC(=O)c1c(CNc2ccccc2C)oc2cc(Br)c(OC)c(Br)c12. The molecule has 142 valence electrons. The summed E-state index contributed by atoms with van der Waals surface area (Å²) in [6, 6.07) is 9.73. The molecule has 5 nitrogen and oxygen atoms in total. The Kier molecular flexibility index (Phi) is 6.11. The summed E-state index contributed by atoms with van der Waals surface area (Å²) in [7, 11) is 1.57. The molecule has 3 rings (SSSR count). The molecule has 0 aliphatic heterocycles. The van der Waals surface area contributed by atoms with Crippen LogP contribution in [0.2, 0.25) is 0 Å². The topological polar surface area (TPSA) is 60.7 Å². The molecule has 0 saturated heterocycles. The number of carbonyl (C=O) groups is 1. The van der Waals surface area contributed by atoms with Crippen LogP contribution in [0.1, 0.15) is 28.6 Å². The van der Waals surface area contributed by atoms with Gasteiger partial charge < -0.3 is 19.2 Å². The van der Waals surface area contributed by atoms with Crippen LogP contribution in [0.4, 0.5) is 5.69 Å². The van der Waals surface area contributed by atoms with Crippen molar-refractivity contribution in [3.05, 3.63) is 56.2 Å². The van der Waals surface area contributed by atoms with Crippen molar-refractivity contribution in [1.29, 1.82) is 0 Å². The number of hydrogen-bond donors (Lipinski definition) is 1. The molecule has 7 heteroatoms. The van der Waals surface area contributed by atoms with E-state index in [0.29, 0.717) is 39.1 Å². The first kappa shape index (κ1) is 19.8. The Balaban J connectivity index is 2.10. The summed E-state index contributed by atoms with van der Waals surface area (Å²) in [6.07, 6.45) is 0. The molecule has 0 radical (unpaired) electrons. The summed E-state index contributed by atoms with van der Waals surface area (Å²) < 4.78 is 18.1. The van der Waals surface area contributed by atoms with E-state index >= 15 is 0 Å². The van der Waals surface area contributed by atoms with Crippen molar-refractivity contribution < 1.29 is 18.7 Å². The van der Waals surface area contributed by atoms with E-state index < -0.39 is 5.97 Å². The van der Waals surface area contributed by atoms with Gasteiger partial charge in [0, 0.05) is 5.69 Å². The summed E-state index contributed by atoms with van der Waals surface area (Å²) in [5.41, 5.74) is 3.05. The van der Waals surface area contributed by atoms with Crippen LogP contribution in [0, 0.1) is 6.92 Å². The number of para-hydroxylation sites is 1. The van der Waals surface area contributed by atoms with E-state index in [-0.39, 0.29) is 6.61 Å². The van der Waals surface area contributed by atoms with E-state index in [9.17, 15) is 4.79 Å². The highest BCUT2D eigenvalue weighted by molar-refractivity contribution is 9.11. The molecule has 0 unspecified atom stereocenters. The van der Waals surface area contributed by atoms with Gasteiger partial charge in [-0.2, -0.15) is 0 Å². The highest BCUT2D eigenvalue weighted by Crippen LogP contribution is 2.43. The second-order valence-corrected chi connectivity index (χ2v) is 7.52. The highest BCUT2D eigenvalue weighted by Gasteiger charge is 2.26. The van der Waals surface area contributed by atoms with Crippen LogP contribution in [0.5, 0.6) is 5.75 Å². The molecule has 27 heavy (non-hydrogen) atoms. The molecule has 1 aromatic heterocycles. The Morgan fingerprint density at radius 1 is 1.26 bits per heavy atom. The van der Waals surface area contributed by atoms with Gasteiger partial charge in [-0.05, 0) is 63.4 Å². The van der Waals surface area contributed by atoms with Gasteiger partial charge in [0.15, 0.2) is 0 Å². The zero-order valence-corrected chi connectivity index (χ0v) is 18.4. The maximum atomic E-state index is 12.7. The molecule has 0 spiro atoms. The second kappa shape index (κ2) is 8.35. The first-order chi connectivity index (χ1) is 13.0. The Labute approximate surface area is 174 Å². The number of furan rings is 1. The number of methoxy groups -OCH3 is 1. The smallest absolute Gasteiger partial charge is 0.342 e. The van der Waals surface area contributed by atoms with E-state index in [1.807, 2.05) is 31.2 Å². The third-order valence-electron chi connectivity index (χ3n) is 4.17. The number of aryl methyl sites for hydroxylation is 1. The number of fused-ring (bicyclic) bond motifs is 1. The summed E-state index contributed by atoms with van der Waals surface area (Å²) in [6.45, 7) is 4.42. The lowest BCUT2D eigenvalue weighted by atomic mass is 10.1. The zero-order chi connectivity index (χ0) is 19.6. The predicted molar refractivity (Wildman–Crippen MR) is 113 cm³/mol. The Hall–Kier alpha value is -1.99. The van der Waals surface area contributed by atoms with Gasteiger partial charge in [0.1, 0.15) is 22.7 Å². The van der Waals surface area contributed by atoms with Gasteiger partial charge in [0.25, 0.3) is 0 Å². The first-order valence-corrected chi connectivity index (χ1v) is 10.0. The van der Waals surface area contributed by atoms with Crippen molar-refractivity contribution in [2.24, 2.45) is 0 Å². The Bertz CT molecular complexity index is 997. The van der Waals surface area contributed by atoms with Gasteiger partial charge >= 0.3 is 5.97 Å². The molecule has 0 aliphatic rings. The molecule has 2 aromatic carbocycles. The molecule has 0 atom stereocenters. The number of hydrogen-bond acceptors (Lipinski definition) is 5. The highest BCUT2D eigenvalue weighted by atomic mass is 79.9. The Morgan fingerprint density at radius 2 is 2.00 bits per heavy atom. The van der Waals surface area contributed by atoms with Crippen molar-refractivity contribution in [3.8, 4) is 5.75 Å². The minimum atomic E-state index is -0.428. The summed E-state index contributed by atoms with van der Waals surface area (Å²) in [4.78, 5) is 12.7. The molecule has 0 saturated carbocycles. The fraction of sp³-hybridized carbons (Fsp3) is 0.250. The van der Waals surface area contributed by atoms with Gasteiger partial charge in [-0.25, -0.2) is 4.79 Å². The molecule has 0 bridgehead atoms. The maximum absolute atomic E-state index is 12.7. The monoisotopic (exact) mass is 495 g/mol. The normalized spacial score (nSPS) is 10.9. The number of nitrogens with one attached hydrogen (secondary N) is 1. The molecule has 1 heterocycles. The van der Waals surface area contributed by atoms with Crippen LogP contribution in [0.25, 0.3) is 11.0 Å². The van der Waals surface area contributed by atoms with Crippen LogP contribution in [-0.4, -0.2) is 19.7 Å². The number of anilines is 1. The van der Waals surface area contributed by atoms with Crippen LogP contribution in [0.3, 0.4) is 0 Å². The average molecular weight is 497 g/mol. The molecule has 1 N–H and O–H groups in total. The third-order valence-corrected chi connectivity index (χ3v) is 5.52. The van der Waals surface area contributed by atoms with E-state index in [2.05, 4.69) is 37.2 Å². The zero-order valence-electron chi connectivity index (χ0n) is 15.2. The predicted octanol–water partition coefficient (Wildman–Crippen LogP) is 6.06. The summed E-state index contributed by atoms with van der Waals surface area (Å²) in [5.74, 6) is 0.669. The van der Waals surface area contributed by atoms with Crippen molar-refractivity contribution in [2.45, 2.75) is 20.4 Å². The van der Waals surface area contributed by atoms with Crippen LogP contribution in [-0.2, 0) is 11.3 Å². The summed E-state index contributed by atoms with van der Waals surface area (Å²) >= 11 is 7.01. The van der Waals surface area contributed by atoms with Crippen molar-refractivity contribution in [3.63, 3.8) is 0 Å². The number of esters is 1. The van der Waals surface area contributed by atoms with Crippen LogP contribution >= 0.6 is 31.9 Å². The second-order valence-electron chi connectivity index (χ2n) is 5.87. The number of halogens is 2. The fourth-order valence-electron chi connectivity index (χ4n) is 2.89. The Morgan fingerprint density at radius 3 is 2.67 bits per heavy atom. The van der Waals surface area contributed by atoms with Gasteiger partial charge in [0.05, 0.1) is 34.6 Å². The van der Waals surface area contributed by atoms with Gasteiger partial charge in [-0.1, -0.05) is 18.2 Å². The van der Waals surface area contributed by atoms with Crippen molar-refractivity contribution in [1.82, 2.24) is 0 Å². The standard InChI is InChI=1S/C20H19Br2NO4/c1-4-26-20(24)17-15(10-23-13-8-6-5-7-11(13)2)27-14-9-12(21)19(25-3)18(22)16(14)17/h5-9,23H,4,10H2,1-3H3. The van der Waals surface area contributed by atoms with E-state index in [1.165, 1.54) is 0 Å².